The van der Waals surface area contributed by atoms with Crippen LogP contribution in [0.3, 0.4) is 0 Å². The fraction of sp³-hybridized carbons (Fsp3) is 0.238. The van der Waals surface area contributed by atoms with Crippen LogP contribution < -0.4 is 4.74 Å². The number of rotatable bonds is 5. The number of hydrogen-bond acceptors (Lipinski definition) is 3. The van der Waals surface area contributed by atoms with Gasteiger partial charge in [0.15, 0.2) is 11.6 Å². The van der Waals surface area contributed by atoms with Gasteiger partial charge in [0.1, 0.15) is 0 Å². The summed E-state index contributed by atoms with van der Waals surface area (Å²) in [6.45, 7) is 2.08. The van der Waals surface area contributed by atoms with Crippen LogP contribution in [0.1, 0.15) is 30.0 Å². The van der Waals surface area contributed by atoms with Crippen LogP contribution in [0.15, 0.2) is 46.9 Å². The highest BCUT2D eigenvalue weighted by molar-refractivity contribution is 7.98. The summed E-state index contributed by atoms with van der Waals surface area (Å²) in [6, 6.07) is 11.6. The van der Waals surface area contributed by atoms with Gasteiger partial charge < -0.3 is 9.84 Å². The van der Waals surface area contributed by atoms with Crippen LogP contribution in [-0.4, -0.2) is 25.1 Å². The van der Waals surface area contributed by atoms with E-state index < -0.39 is 0 Å². The van der Waals surface area contributed by atoms with Crippen molar-refractivity contribution in [2.45, 2.75) is 18.2 Å². The van der Waals surface area contributed by atoms with Gasteiger partial charge in [-0.3, -0.25) is 0 Å². The number of benzene rings is 2. The fourth-order valence-electron chi connectivity index (χ4n) is 3.24. The van der Waals surface area contributed by atoms with Crippen LogP contribution in [0.5, 0.6) is 5.75 Å². The predicted octanol–water partition coefficient (Wildman–Crippen LogP) is 5.27. The van der Waals surface area contributed by atoms with Gasteiger partial charge in [-0.25, -0.2) is 4.39 Å². The number of hydrogen-bond donors (Lipinski definition) is 1. The van der Waals surface area contributed by atoms with Crippen molar-refractivity contribution < 1.29 is 14.2 Å². The van der Waals surface area contributed by atoms with Gasteiger partial charge in [0, 0.05) is 11.5 Å². The lowest BCUT2D eigenvalue weighted by molar-refractivity contribution is 0.305. The molecular weight excluding hydrogens is 335 g/mol. The van der Waals surface area contributed by atoms with Crippen molar-refractivity contribution in [2.75, 3.05) is 20.0 Å². The van der Waals surface area contributed by atoms with Crippen LogP contribution in [-0.2, 0) is 0 Å². The number of halogens is 1. The van der Waals surface area contributed by atoms with Crippen molar-refractivity contribution in [3.63, 3.8) is 0 Å². The number of fused-ring (bicyclic) bond motifs is 1. The van der Waals surface area contributed by atoms with Gasteiger partial charge in [-0.15, -0.1) is 11.8 Å². The molecule has 2 aromatic rings. The van der Waals surface area contributed by atoms with Crippen molar-refractivity contribution in [1.82, 2.24) is 0 Å². The lowest BCUT2D eigenvalue weighted by atomic mass is 10.00. The molecule has 0 bridgehead atoms. The summed E-state index contributed by atoms with van der Waals surface area (Å²) in [4.78, 5) is 1.21. The summed E-state index contributed by atoms with van der Waals surface area (Å²) in [5.74, 6) is -0.143. The van der Waals surface area contributed by atoms with E-state index in [9.17, 15) is 9.50 Å². The van der Waals surface area contributed by atoms with Gasteiger partial charge in [-0.1, -0.05) is 12.1 Å². The molecular formula is C21H21FO2S. The zero-order valence-corrected chi connectivity index (χ0v) is 15.4. The Labute approximate surface area is 152 Å². The highest BCUT2D eigenvalue weighted by Crippen LogP contribution is 2.45. The Balaban J connectivity index is 2.13. The summed E-state index contributed by atoms with van der Waals surface area (Å²) >= 11 is 1.70. The standard InChI is InChI=1S/C21H21FO2S/c1-13-16(8-9-23)19-12-21(24-2)20(22)11-18(19)17(13)10-14-4-6-15(25-3)7-5-14/h4-7,10-12,23H,8-9H2,1-3H3. The molecule has 0 aliphatic heterocycles. The van der Waals surface area contributed by atoms with E-state index in [4.69, 9.17) is 4.74 Å². The molecule has 0 atom stereocenters. The van der Waals surface area contributed by atoms with Crippen LogP contribution in [0.2, 0.25) is 0 Å². The summed E-state index contributed by atoms with van der Waals surface area (Å²) in [5, 5.41) is 9.42. The third kappa shape index (κ3) is 3.37. The van der Waals surface area contributed by atoms with Gasteiger partial charge >= 0.3 is 0 Å². The zero-order chi connectivity index (χ0) is 18.0. The third-order valence-electron chi connectivity index (χ3n) is 4.55. The average molecular weight is 356 g/mol. The van der Waals surface area contributed by atoms with E-state index in [0.717, 1.165) is 33.4 Å². The smallest absolute Gasteiger partial charge is 0.165 e. The molecule has 0 amide bonds. The maximum Gasteiger partial charge on any atom is 0.165 e. The largest absolute Gasteiger partial charge is 0.494 e. The number of thioether (sulfide) groups is 1. The monoisotopic (exact) mass is 356 g/mol. The maximum atomic E-state index is 14.3. The SMILES string of the molecule is COc1cc2c(cc1F)C(=Cc1ccc(SC)cc1)C(C)=C2CCO. The topological polar surface area (TPSA) is 29.5 Å². The Kier molecular flexibility index (Phi) is 5.30. The Bertz CT molecular complexity index is 851. The van der Waals surface area contributed by atoms with Gasteiger partial charge in [0.2, 0.25) is 0 Å². The maximum absolute atomic E-state index is 14.3. The second kappa shape index (κ2) is 7.46. The first kappa shape index (κ1) is 17.8. The van der Waals surface area contributed by atoms with E-state index in [1.165, 1.54) is 18.1 Å². The summed E-state index contributed by atoms with van der Waals surface area (Å²) in [7, 11) is 1.46. The second-order valence-corrected chi connectivity index (χ2v) is 6.82. The van der Waals surface area contributed by atoms with Crippen molar-refractivity contribution >= 4 is 29.0 Å². The zero-order valence-electron chi connectivity index (χ0n) is 14.6. The Morgan fingerprint density at radius 3 is 2.48 bits per heavy atom. The third-order valence-corrected chi connectivity index (χ3v) is 5.30. The van der Waals surface area contributed by atoms with Crippen molar-refractivity contribution in [3.8, 4) is 5.75 Å². The molecule has 1 N–H and O–H groups in total. The molecule has 0 spiro atoms. The predicted molar refractivity (Wildman–Crippen MR) is 103 cm³/mol. The van der Waals surface area contributed by atoms with Gasteiger partial charge in [-0.2, -0.15) is 0 Å². The minimum Gasteiger partial charge on any atom is -0.494 e. The normalized spacial score (nSPS) is 15.0. The van der Waals surface area contributed by atoms with E-state index in [1.54, 1.807) is 17.8 Å². The number of aliphatic hydroxyl groups is 1. The highest BCUT2D eigenvalue weighted by atomic mass is 32.2. The van der Waals surface area contributed by atoms with E-state index >= 15 is 0 Å². The van der Waals surface area contributed by atoms with Crippen molar-refractivity contribution in [1.29, 1.82) is 0 Å². The molecule has 4 heteroatoms. The first-order chi connectivity index (χ1) is 12.1. The molecule has 0 heterocycles. The lowest BCUT2D eigenvalue weighted by Crippen LogP contribution is -1.94. The minimum absolute atomic E-state index is 0.0570. The highest BCUT2D eigenvalue weighted by Gasteiger charge is 2.25. The van der Waals surface area contributed by atoms with Crippen LogP contribution in [0, 0.1) is 5.82 Å². The molecule has 0 radical (unpaired) electrons. The summed E-state index contributed by atoms with van der Waals surface area (Å²) in [6.07, 6.45) is 4.66. The lowest BCUT2D eigenvalue weighted by Gasteiger charge is -2.09. The molecule has 0 aromatic heterocycles. The van der Waals surface area contributed by atoms with Gasteiger partial charge in [0.25, 0.3) is 0 Å². The molecule has 0 saturated heterocycles. The molecule has 0 saturated carbocycles. The molecule has 2 aromatic carbocycles. The van der Waals surface area contributed by atoms with Crippen molar-refractivity contribution in [2.24, 2.45) is 0 Å². The molecule has 130 valence electrons. The van der Waals surface area contributed by atoms with E-state index in [1.807, 2.05) is 13.2 Å². The van der Waals surface area contributed by atoms with Crippen LogP contribution in [0.4, 0.5) is 4.39 Å². The van der Waals surface area contributed by atoms with E-state index in [0.29, 0.717) is 6.42 Å². The van der Waals surface area contributed by atoms with Crippen molar-refractivity contribution in [3.05, 3.63) is 64.5 Å². The molecule has 25 heavy (non-hydrogen) atoms. The first-order valence-electron chi connectivity index (χ1n) is 8.14. The quantitative estimate of drug-likeness (QED) is 0.741. The number of methoxy groups -OCH3 is 1. The number of ether oxygens (including phenoxy) is 1. The molecule has 1 aliphatic carbocycles. The first-order valence-corrected chi connectivity index (χ1v) is 9.36. The fourth-order valence-corrected chi connectivity index (χ4v) is 3.64. The van der Waals surface area contributed by atoms with Gasteiger partial charge in [0.05, 0.1) is 7.11 Å². The summed E-state index contributed by atoms with van der Waals surface area (Å²) in [5.41, 5.74) is 5.98. The Morgan fingerprint density at radius 1 is 1.16 bits per heavy atom. The second-order valence-electron chi connectivity index (χ2n) is 5.94. The number of allylic oxidation sites excluding steroid dienone is 2. The van der Waals surface area contributed by atoms with Gasteiger partial charge in [-0.05, 0) is 83.4 Å². The number of aliphatic hydroxyl groups excluding tert-OH is 1. The average Bonchev–Trinajstić information content (AvgIpc) is 2.87. The Hall–Kier alpha value is -2.04. The van der Waals surface area contributed by atoms with Crippen LogP contribution in [0.25, 0.3) is 17.2 Å². The Morgan fingerprint density at radius 2 is 1.88 bits per heavy atom. The molecule has 3 rings (SSSR count). The summed E-state index contributed by atoms with van der Waals surface area (Å²) < 4.78 is 19.4. The molecule has 1 aliphatic rings. The van der Waals surface area contributed by atoms with E-state index in [-0.39, 0.29) is 18.2 Å². The molecule has 0 unspecified atom stereocenters. The van der Waals surface area contributed by atoms with Crippen LogP contribution >= 0.6 is 11.8 Å². The van der Waals surface area contributed by atoms with E-state index in [2.05, 4.69) is 30.3 Å². The minimum atomic E-state index is -0.372. The molecule has 2 nitrogen and oxygen atoms in total. The molecule has 0 fully saturated rings.